The van der Waals surface area contributed by atoms with E-state index in [0.29, 0.717) is 21.4 Å². The zero-order valence-corrected chi connectivity index (χ0v) is 20.2. The average molecular weight is 539 g/mol. The maximum atomic E-state index is 11.3. The highest BCUT2D eigenvalue weighted by Gasteiger charge is 2.24. The Bertz CT molecular complexity index is 1580. The minimum atomic E-state index is -0.534. The molecule has 2 heterocycles. The van der Waals surface area contributed by atoms with Crippen molar-refractivity contribution in [3.05, 3.63) is 74.2 Å². The number of hydrogen-bond acceptors (Lipinski definition) is 9. The number of aromatic hydroxyl groups is 1. The molecule has 0 amide bonds. The zero-order chi connectivity index (χ0) is 24.0. The van der Waals surface area contributed by atoms with Crippen molar-refractivity contribution in [2.24, 2.45) is 0 Å². The van der Waals surface area contributed by atoms with Crippen LogP contribution in [0, 0.1) is 24.0 Å². The van der Waals surface area contributed by atoms with E-state index in [0.717, 1.165) is 21.3 Å². The van der Waals surface area contributed by atoms with Gasteiger partial charge in [-0.25, -0.2) is 4.63 Å². The highest BCUT2D eigenvalue weighted by atomic mass is 79.9. The third-order valence-corrected chi connectivity index (χ3v) is 6.67. The Morgan fingerprint density at radius 1 is 1.06 bits per heavy atom. The van der Waals surface area contributed by atoms with Crippen molar-refractivity contribution in [1.82, 2.24) is 25.1 Å². The molecule has 0 aliphatic heterocycles. The van der Waals surface area contributed by atoms with Crippen LogP contribution in [0.4, 0.5) is 5.69 Å². The number of nitro benzene ring substituents is 1. The number of nitro groups is 1. The molecule has 34 heavy (non-hydrogen) atoms. The van der Waals surface area contributed by atoms with Gasteiger partial charge in [-0.05, 0) is 71.8 Å². The lowest BCUT2D eigenvalue weighted by molar-refractivity contribution is -0.383. The molecule has 0 bridgehead atoms. The van der Waals surface area contributed by atoms with Crippen molar-refractivity contribution in [2.75, 3.05) is 0 Å². The summed E-state index contributed by atoms with van der Waals surface area (Å²) in [5, 5.41) is 38.7. The molecule has 170 valence electrons. The fourth-order valence-corrected chi connectivity index (χ4v) is 4.91. The van der Waals surface area contributed by atoms with Crippen LogP contribution in [0.25, 0.3) is 28.1 Å². The summed E-state index contributed by atoms with van der Waals surface area (Å²) in [5.74, 6) is 0.487. The summed E-state index contributed by atoms with van der Waals surface area (Å²) in [6.45, 7) is 3.98. The molecule has 0 atom stereocenters. The van der Waals surface area contributed by atoms with E-state index in [9.17, 15) is 15.2 Å². The summed E-state index contributed by atoms with van der Waals surface area (Å²) >= 11 is 4.66. The van der Waals surface area contributed by atoms with Gasteiger partial charge in [0.2, 0.25) is 10.7 Å². The first-order chi connectivity index (χ1) is 16.3. The molecule has 3 aromatic carbocycles. The number of non-ortho nitro benzene ring substituents is 1. The molecule has 1 N–H and O–H groups in total. The second-order valence-electron chi connectivity index (χ2n) is 7.50. The van der Waals surface area contributed by atoms with Crippen molar-refractivity contribution >= 4 is 44.4 Å². The summed E-state index contributed by atoms with van der Waals surface area (Å²) in [6.07, 6.45) is 0. The first kappa shape index (κ1) is 22.0. The molecular weight excluding hydrogens is 524 g/mol. The summed E-state index contributed by atoms with van der Waals surface area (Å²) in [6, 6.07) is 14.0. The van der Waals surface area contributed by atoms with Crippen molar-refractivity contribution in [3.8, 4) is 22.8 Å². The quantitative estimate of drug-likeness (QED) is 0.223. The van der Waals surface area contributed by atoms with Gasteiger partial charge in [0, 0.05) is 15.4 Å². The topological polar surface area (TPSA) is 133 Å². The number of fused-ring (bicyclic) bond motifs is 1. The predicted molar refractivity (Wildman–Crippen MR) is 128 cm³/mol. The Morgan fingerprint density at radius 2 is 1.85 bits per heavy atom. The van der Waals surface area contributed by atoms with Crippen LogP contribution >= 0.6 is 27.7 Å². The molecular formula is C22H15BrN6O4S. The van der Waals surface area contributed by atoms with Gasteiger partial charge in [0.05, 0.1) is 16.2 Å². The van der Waals surface area contributed by atoms with Crippen LogP contribution in [0.3, 0.4) is 0 Å². The van der Waals surface area contributed by atoms with Crippen LogP contribution in [0.5, 0.6) is 5.75 Å². The minimum absolute atomic E-state index is 0.0524. The van der Waals surface area contributed by atoms with Crippen LogP contribution in [0.15, 0.2) is 67.7 Å². The maximum Gasteiger partial charge on any atom is 0.300 e. The number of halogens is 1. The number of aryl methyl sites for hydroxylation is 2. The zero-order valence-electron chi connectivity index (χ0n) is 17.8. The Hall–Kier alpha value is -3.77. The number of phenols is 1. The van der Waals surface area contributed by atoms with E-state index < -0.39 is 4.92 Å². The number of hydrogen-bond donors (Lipinski definition) is 1. The second-order valence-corrected chi connectivity index (χ2v) is 9.42. The Kier molecular flexibility index (Phi) is 5.54. The lowest BCUT2D eigenvalue weighted by Gasteiger charge is -2.14. The monoisotopic (exact) mass is 538 g/mol. The van der Waals surface area contributed by atoms with Gasteiger partial charge in [-0.3, -0.25) is 14.7 Å². The standard InChI is InChI=1S/C22H15BrN6O4S/c1-11-3-5-15(12(2)9-11)28-21(14-10-13(23)4-7-17(14)30)24-25-22(28)34-18-8-6-16(29(31)32)19-20(18)27-33-26-19/h3-10,30H,1-2H3. The normalized spacial score (nSPS) is 11.3. The number of aromatic nitrogens is 5. The number of phenolic OH excluding ortho intramolecular Hbond substituents is 1. The lowest BCUT2D eigenvalue weighted by atomic mass is 10.1. The van der Waals surface area contributed by atoms with Crippen LogP contribution in [-0.2, 0) is 0 Å². The third-order valence-electron chi connectivity index (χ3n) is 5.18. The van der Waals surface area contributed by atoms with Gasteiger partial charge in [0.15, 0.2) is 11.3 Å². The Balaban J connectivity index is 1.71. The third kappa shape index (κ3) is 3.80. The highest BCUT2D eigenvalue weighted by molar-refractivity contribution is 9.10. The molecule has 2 aromatic heterocycles. The molecule has 0 aliphatic rings. The molecule has 5 aromatic rings. The van der Waals surface area contributed by atoms with Gasteiger partial charge in [0.1, 0.15) is 5.75 Å². The SMILES string of the molecule is Cc1ccc(-n2c(Sc3ccc([N+](=O)[O-])c4nonc34)nnc2-c2cc(Br)ccc2O)c(C)c1. The van der Waals surface area contributed by atoms with E-state index in [-0.39, 0.29) is 22.5 Å². The van der Waals surface area contributed by atoms with Gasteiger partial charge < -0.3 is 5.11 Å². The molecule has 10 nitrogen and oxygen atoms in total. The van der Waals surface area contributed by atoms with E-state index in [1.54, 1.807) is 24.3 Å². The molecule has 0 saturated heterocycles. The Labute approximate surface area is 204 Å². The van der Waals surface area contributed by atoms with Gasteiger partial charge in [-0.1, -0.05) is 33.6 Å². The molecule has 0 fully saturated rings. The van der Waals surface area contributed by atoms with Crippen LogP contribution in [-0.4, -0.2) is 35.1 Å². The minimum Gasteiger partial charge on any atom is -0.507 e. The maximum absolute atomic E-state index is 11.3. The summed E-state index contributed by atoms with van der Waals surface area (Å²) in [4.78, 5) is 11.4. The number of benzene rings is 3. The second kappa shape index (κ2) is 8.54. The summed E-state index contributed by atoms with van der Waals surface area (Å²) < 4.78 is 7.39. The Morgan fingerprint density at radius 3 is 2.62 bits per heavy atom. The average Bonchev–Trinajstić information content (AvgIpc) is 3.43. The van der Waals surface area contributed by atoms with Crippen molar-refractivity contribution in [2.45, 2.75) is 23.9 Å². The van der Waals surface area contributed by atoms with E-state index >= 15 is 0 Å². The van der Waals surface area contributed by atoms with Gasteiger partial charge in [-0.2, -0.15) is 0 Å². The van der Waals surface area contributed by atoms with Crippen molar-refractivity contribution in [3.63, 3.8) is 0 Å². The molecule has 0 saturated carbocycles. The smallest absolute Gasteiger partial charge is 0.300 e. The molecule has 0 aliphatic carbocycles. The first-order valence-electron chi connectivity index (χ1n) is 9.93. The van der Waals surface area contributed by atoms with Gasteiger partial charge in [-0.15, -0.1) is 10.2 Å². The molecule has 0 radical (unpaired) electrons. The van der Waals surface area contributed by atoms with Crippen LogP contribution in [0.1, 0.15) is 11.1 Å². The molecule has 0 spiro atoms. The van der Waals surface area contributed by atoms with Crippen LogP contribution < -0.4 is 0 Å². The van der Waals surface area contributed by atoms with E-state index in [4.69, 9.17) is 4.63 Å². The number of nitrogens with zero attached hydrogens (tertiary/aromatic N) is 6. The van der Waals surface area contributed by atoms with Crippen molar-refractivity contribution in [1.29, 1.82) is 0 Å². The van der Waals surface area contributed by atoms with Crippen molar-refractivity contribution < 1.29 is 14.7 Å². The summed E-state index contributed by atoms with van der Waals surface area (Å²) in [7, 11) is 0. The molecule has 5 rings (SSSR count). The van der Waals surface area contributed by atoms with Crippen LogP contribution in [0.2, 0.25) is 0 Å². The van der Waals surface area contributed by atoms with E-state index in [2.05, 4.69) is 36.4 Å². The first-order valence-corrected chi connectivity index (χ1v) is 11.5. The number of rotatable bonds is 5. The van der Waals surface area contributed by atoms with E-state index in [1.165, 1.54) is 17.8 Å². The molecule has 12 heteroatoms. The van der Waals surface area contributed by atoms with Gasteiger partial charge in [0.25, 0.3) is 0 Å². The highest BCUT2D eigenvalue weighted by Crippen LogP contribution is 2.39. The fourth-order valence-electron chi connectivity index (χ4n) is 3.63. The van der Waals surface area contributed by atoms with E-state index in [1.807, 2.05) is 36.6 Å². The van der Waals surface area contributed by atoms with Gasteiger partial charge >= 0.3 is 5.69 Å². The largest absolute Gasteiger partial charge is 0.507 e. The lowest BCUT2D eigenvalue weighted by Crippen LogP contribution is -2.02. The predicted octanol–water partition coefficient (Wildman–Crippen LogP) is 5.61. The summed E-state index contributed by atoms with van der Waals surface area (Å²) in [5.41, 5.74) is 3.50. The fraction of sp³-hybridized carbons (Fsp3) is 0.0909. The molecule has 0 unspecified atom stereocenters.